The molecular weight excluding hydrogens is 384 g/mol. The fraction of sp³-hybridized carbons (Fsp3) is 0.0833. The van der Waals surface area contributed by atoms with Crippen LogP contribution in [0.15, 0.2) is 46.5 Å². The van der Waals surface area contributed by atoms with Crippen LogP contribution in [-0.2, 0) is 7.05 Å². The lowest BCUT2D eigenvalue weighted by molar-refractivity contribution is -2.00. The highest BCUT2D eigenvalue weighted by Crippen LogP contribution is 2.25. The maximum absolute atomic E-state index is 8.49. The van der Waals surface area contributed by atoms with Gasteiger partial charge in [0.15, 0.2) is 5.69 Å². The van der Waals surface area contributed by atoms with E-state index in [1.165, 1.54) is 16.2 Å². The van der Waals surface area contributed by atoms with E-state index in [2.05, 4.69) is 74.0 Å². The number of rotatable bonds is 1. The number of nitrogens with zero attached hydrogens (tertiary/aromatic N) is 2. The van der Waals surface area contributed by atoms with Gasteiger partial charge in [-0.3, -0.25) is 0 Å². The molecule has 2 aromatic heterocycles. The molecule has 0 saturated carbocycles. The van der Waals surface area contributed by atoms with Gasteiger partial charge in [0, 0.05) is 15.4 Å². The molecule has 2 heterocycles. The number of imidazole rings is 1. The number of aryl methyl sites for hydroxylation is 1. The molecule has 21 heavy (non-hydrogen) atoms. The van der Waals surface area contributed by atoms with Crippen molar-refractivity contribution in [1.29, 1.82) is 0 Å². The largest absolute Gasteiger partial charge is 0.345 e. The van der Waals surface area contributed by atoms with Gasteiger partial charge in [0.05, 0.1) is 7.05 Å². The Balaban J connectivity index is 0.000000282. The second-order valence-electron chi connectivity index (χ2n) is 4.07. The van der Waals surface area contributed by atoms with Crippen molar-refractivity contribution in [3.05, 3.63) is 46.5 Å². The van der Waals surface area contributed by atoms with Crippen molar-refractivity contribution in [2.45, 2.75) is 0 Å². The maximum Gasteiger partial charge on any atom is 0.345 e. The zero-order valence-electron chi connectivity index (χ0n) is 10.7. The lowest BCUT2D eigenvalue weighted by Crippen LogP contribution is -2.68. The molecule has 0 spiro atoms. The van der Waals surface area contributed by atoms with Crippen molar-refractivity contribution in [2.75, 3.05) is 0 Å². The fourth-order valence-electron chi connectivity index (χ4n) is 1.78. The van der Waals surface area contributed by atoms with Crippen LogP contribution in [0.2, 0.25) is 0 Å². The van der Waals surface area contributed by atoms with Crippen molar-refractivity contribution in [3.8, 4) is 11.3 Å². The van der Waals surface area contributed by atoms with E-state index in [0.29, 0.717) is 0 Å². The third-order valence-electron chi connectivity index (χ3n) is 2.62. The van der Waals surface area contributed by atoms with Gasteiger partial charge in [-0.1, -0.05) is 27.3 Å². The first-order valence-corrected chi connectivity index (χ1v) is 8.48. The van der Waals surface area contributed by atoms with Gasteiger partial charge in [-0.05, 0) is 24.3 Å². The molecule has 112 valence electrons. The topological polar surface area (TPSA) is 101 Å². The van der Waals surface area contributed by atoms with Gasteiger partial charge < -0.3 is 0 Å². The lowest BCUT2D eigenvalue weighted by atomic mass is 10.2. The smallest absolute Gasteiger partial charge is 0.224 e. The molecule has 0 amide bonds. The van der Waals surface area contributed by atoms with Crippen molar-refractivity contribution in [1.82, 2.24) is 4.40 Å². The summed E-state index contributed by atoms with van der Waals surface area (Å²) in [6.07, 6.45) is 4.18. The average Bonchev–Trinajstić information content (AvgIpc) is 2.92. The number of aromatic nitrogens is 2. The second kappa shape index (κ2) is 6.41. The van der Waals surface area contributed by atoms with Crippen LogP contribution < -0.4 is 23.2 Å². The van der Waals surface area contributed by atoms with E-state index in [1.807, 2.05) is 0 Å². The first-order valence-electron chi connectivity index (χ1n) is 5.57. The second-order valence-corrected chi connectivity index (χ2v) is 6.58. The van der Waals surface area contributed by atoms with Crippen LogP contribution in [0.4, 0.5) is 0 Å². The quantitative estimate of drug-likeness (QED) is 0.470. The Morgan fingerprint density at radius 3 is 2.29 bits per heavy atom. The highest BCUT2D eigenvalue weighted by molar-refractivity contribution is 9.10. The SMILES string of the molecule is C[n+]1ccn2c(-c3ccc(Br)cc3)csc21.[O-][Cl+3]([O-])([O-])[O-]. The molecule has 0 fully saturated rings. The molecule has 6 nitrogen and oxygen atoms in total. The molecule has 0 aliphatic carbocycles. The minimum Gasteiger partial charge on any atom is -0.224 e. The summed E-state index contributed by atoms with van der Waals surface area (Å²) in [5, 5.41) is 2.19. The van der Waals surface area contributed by atoms with Crippen LogP contribution in [0.1, 0.15) is 0 Å². The van der Waals surface area contributed by atoms with Gasteiger partial charge in [0.2, 0.25) is 0 Å². The molecule has 3 aromatic rings. The van der Waals surface area contributed by atoms with Crippen LogP contribution in [0.5, 0.6) is 0 Å². The molecule has 0 saturated heterocycles. The summed E-state index contributed by atoms with van der Waals surface area (Å²) in [6.45, 7) is 0. The van der Waals surface area contributed by atoms with E-state index < -0.39 is 10.2 Å². The Morgan fingerprint density at radius 1 is 1.14 bits per heavy atom. The highest BCUT2D eigenvalue weighted by atomic mass is 79.9. The Labute approximate surface area is 135 Å². The van der Waals surface area contributed by atoms with Crippen molar-refractivity contribution in [3.63, 3.8) is 0 Å². The summed E-state index contributed by atoms with van der Waals surface area (Å²) in [5.41, 5.74) is 2.48. The van der Waals surface area contributed by atoms with Crippen LogP contribution in [0, 0.1) is 10.2 Å². The number of thiazole rings is 1. The van der Waals surface area contributed by atoms with Gasteiger partial charge >= 0.3 is 4.96 Å². The Kier molecular flexibility index (Phi) is 4.99. The zero-order valence-corrected chi connectivity index (χ0v) is 13.9. The number of hydrogen-bond donors (Lipinski definition) is 0. The third-order valence-corrected chi connectivity index (χ3v) is 4.19. The Hall–Kier alpha value is -1.00. The van der Waals surface area contributed by atoms with Crippen molar-refractivity contribution >= 4 is 32.2 Å². The van der Waals surface area contributed by atoms with Crippen LogP contribution >= 0.6 is 27.3 Å². The predicted molar refractivity (Wildman–Crippen MR) is 69.6 cm³/mol. The number of halogens is 2. The van der Waals surface area contributed by atoms with E-state index in [4.69, 9.17) is 18.6 Å². The molecule has 0 aliphatic rings. The lowest BCUT2D eigenvalue weighted by Gasteiger charge is -2.17. The summed E-state index contributed by atoms with van der Waals surface area (Å²) in [4.78, 5) is 1.25. The van der Waals surface area contributed by atoms with Gasteiger partial charge in [0.1, 0.15) is 12.4 Å². The molecule has 0 N–H and O–H groups in total. The van der Waals surface area contributed by atoms with E-state index >= 15 is 0 Å². The Morgan fingerprint density at radius 2 is 1.71 bits per heavy atom. The Bertz CT molecular complexity index is 730. The van der Waals surface area contributed by atoms with Crippen LogP contribution in [-0.4, -0.2) is 4.40 Å². The minimum atomic E-state index is -4.94. The molecule has 0 radical (unpaired) electrons. The summed E-state index contributed by atoms with van der Waals surface area (Å²) < 4.78 is 39.4. The first-order chi connectivity index (χ1) is 9.75. The molecule has 0 bridgehead atoms. The van der Waals surface area contributed by atoms with E-state index in [1.54, 1.807) is 11.3 Å². The molecule has 3 rings (SSSR count). The van der Waals surface area contributed by atoms with Gasteiger partial charge in [0.25, 0.3) is 0 Å². The first kappa shape index (κ1) is 16.4. The van der Waals surface area contributed by atoms with Gasteiger partial charge in [-0.2, -0.15) is 4.40 Å². The normalized spacial score (nSPS) is 11.3. The van der Waals surface area contributed by atoms with Crippen molar-refractivity contribution in [2.24, 2.45) is 7.05 Å². The summed E-state index contributed by atoms with van der Waals surface area (Å²) in [6, 6.07) is 8.40. The van der Waals surface area contributed by atoms with Gasteiger partial charge in [-0.15, -0.1) is 10.2 Å². The molecule has 0 atom stereocenters. The molecular formula is C12H10BrClN2O4S. The average molecular weight is 394 g/mol. The number of fused-ring (bicyclic) bond motifs is 1. The molecule has 9 heteroatoms. The predicted octanol–water partition coefficient (Wildman–Crippen LogP) is -1.50. The maximum atomic E-state index is 8.49. The van der Waals surface area contributed by atoms with Crippen LogP contribution in [0.25, 0.3) is 16.2 Å². The zero-order chi connectivity index (χ0) is 15.6. The summed E-state index contributed by atoms with van der Waals surface area (Å²) in [5.74, 6) is 0. The molecule has 0 unspecified atom stereocenters. The van der Waals surface area contributed by atoms with Crippen LogP contribution in [0.3, 0.4) is 0 Å². The third kappa shape index (κ3) is 4.48. The molecule has 1 aromatic carbocycles. The van der Waals surface area contributed by atoms with Crippen molar-refractivity contribution < 1.29 is 33.4 Å². The number of benzene rings is 1. The summed E-state index contributed by atoms with van der Waals surface area (Å²) >= 11 is 5.21. The standard InChI is InChI=1S/C12H10BrN2S.ClHO4/c1-14-6-7-15-11(8-16-12(14)15)9-2-4-10(13)5-3-9;2-1(3,4)5/h2-8H,1H3;(H,2,3,4,5)/q+1;/p-1. The van der Waals surface area contributed by atoms with E-state index in [9.17, 15) is 0 Å². The fourth-order valence-corrected chi connectivity index (χ4v) is 3.01. The van der Waals surface area contributed by atoms with E-state index in [0.717, 1.165) is 4.47 Å². The summed E-state index contributed by atoms with van der Waals surface area (Å²) in [7, 11) is -2.88. The number of hydrogen-bond acceptors (Lipinski definition) is 5. The highest BCUT2D eigenvalue weighted by Gasteiger charge is 2.14. The van der Waals surface area contributed by atoms with E-state index in [-0.39, 0.29) is 0 Å². The van der Waals surface area contributed by atoms with Gasteiger partial charge in [-0.25, -0.2) is 23.2 Å². The minimum absolute atomic E-state index is 1.11. The monoisotopic (exact) mass is 392 g/mol. The molecule has 0 aliphatic heterocycles.